The van der Waals surface area contributed by atoms with E-state index in [1.807, 2.05) is 197 Å². The van der Waals surface area contributed by atoms with E-state index < -0.39 is 19.7 Å². The van der Waals surface area contributed by atoms with Crippen molar-refractivity contribution >= 4 is 89.6 Å². The van der Waals surface area contributed by atoms with Crippen LogP contribution < -0.4 is 19.6 Å². The normalized spacial score (nSPS) is 10.6. The number of hydrogen-bond donors (Lipinski definition) is 2. The zero-order chi connectivity index (χ0) is 89.0. The van der Waals surface area contributed by atoms with Crippen molar-refractivity contribution in [3.8, 4) is 140 Å². The number of nitrogens with zero attached hydrogens (tertiary/aromatic N) is 14. The molecule has 17 rings (SSSR count). The van der Waals surface area contributed by atoms with Crippen molar-refractivity contribution < 1.29 is 19.7 Å². The maximum Gasteiger partial charge on any atom is 0.269 e. The zero-order valence-electron chi connectivity index (χ0n) is 69.6. The lowest BCUT2D eigenvalue weighted by atomic mass is 9.98. The van der Waals surface area contributed by atoms with Crippen molar-refractivity contribution in [2.75, 3.05) is 76.0 Å². The molecule has 8 bridgehead atoms. The van der Waals surface area contributed by atoms with E-state index in [9.17, 15) is 40.5 Å². The first kappa shape index (κ1) is 81.6. The molecule has 24 heteroatoms. The minimum Gasteiger partial charge on any atom is -0.378 e. The molecule has 0 radical (unpaired) electrons. The third-order valence-electron chi connectivity index (χ3n) is 21.0. The molecule has 2 aliphatic heterocycles. The number of non-ortho nitro benzene ring substituents is 4. The summed E-state index contributed by atoms with van der Waals surface area (Å²) in [5, 5.41) is 49.5. The van der Waals surface area contributed by atoms with Crippen molar-refractivity contribution in [3.63, 3.8) is 0 Å². The lowest BCUT2D eigenvalue weighted by Gasteiger charge is -2.11. The van der Waals surface area contributed by atoms with Crippen LogP contribution in [0, 0.1) is 135 Å². The van der Waals surface area contributed by atoms with Gasteiger partial charge in [0.15, 0.2) is 23.3 Å². The average Bonchev–Trinajstić information content (AvgIpc) is 1.59. The summed E-state index contributed by atoms with van der Waals surface area (Å²) in [7, 11) is 15.8. The second-order valence-corrected chi connectivity index (χ2v) is 30.4. The van der Waals surface area contributed by atoms with Crippen molar-refractivity contribution in [1.82, 2.24) is 39.9 Å². The van der Waals surface area contributed by atoms with E-state index in [4.69, 9.17) is 29.9 Å². The molecule has 2 N–H and O–H groups in total. The van der Waals surface area contributed by atoms with Crippen molar-refractivity contribution in [2.45, 2.75) is 0 Å². The number of H-pyrrole nitrogens is 2. The molecular weight excluding hydrogens is 1600 g/mol. The molecule has 0 saturated carbocycles. The molecule has 0 amide bonds. The molecule has 24 nitrogen and oxygen atoms in total. The van der Waals surface area contributed by atoms with Crippen molar-refractivity contribution in [3.05, 3.63) is 372 Å². The minimum absolute atomic E-state index is 0.110. The highest BCUT2D eigenvalue weighted by Crippen LogP contribution is 2.41. The van der Waals surface area contributed by atoms with Gasteiger partial charge in [-0.15, -0.1) is 0 Å². The summed E-state index contributed by atoms with van der Waals surface area (Å²) in [6, 6.07) is 69.7. The molecule has 2 aliphatic rings. The topological polar surface area (TPSA) is 294 Å². The van der Waals surface area contributed by atoms with E-state index in [0.29, 0.717) is 111 Å². The number of rotatable bonds is 8. The molecule has 0 spiro atoms. The van der Waals surface area contributed by atoms with Crippen LogP contribution in [0.1, 0.15) is 89.0 Å². The minimum atomic E-state index is -0.500. The summed E-state index contributed by atoms with van der Waals surface area (Å²) in [6.45, 7) is 0. The molecule has 0 atom stereocenters. The van der Waals surface area contributed by atoms with Crippen LogP contribution in [0.15, 0.2) is 243 Å². The summed E-state index contributed by atoms with van der Waals surface area (Å²) in [5.41, 5.74) is 14.6. The molecule has 3 aromatic heterocycles. The molecule has 0 fully saturated rings. The van der Waals surface area contributed by atoms with Gasteiger partial charge in [0.05, 0.1) is 19.7 Å². The Labute approximate surface area is 733 Å². The van der Waals surface area contributed by atoms with E-state index >= 15 is 0 Å². The molecule has 128 heavy (non-hydrogen) atoms. The second kappa shape index (κ2) is 34.8. The van der Waals surface area contributed by atoms with Crippen LogP contribution in [0.3, 0.4) is 0 Å². The third-order valence-corrected chi connectivity index (χ3v) is 21.0. The van der Waals surface area contributed by atoms with Crippen LogP contribution in [-0.2, 0) is 0 Å². The second-order valence-electron chi connectivity index (χ2n) is 30.4. The number of aromatic amines is 2. The number of nitro groups is 4. The molecule has 0 aliphatic carbocycles. The lowest BCUT2D eigenvalue weighted by molar-refractivity contribution is -0.385. The Balaban J connectivity index is 1.00. The first-order chi connectivity index (χ1) is 61.9. The highest BCUT2D eigenvalue weighted by molar-refractivity contribution is 6.08. The first-order valence-corrected chi connectivity index (χ1v) is 39.7. The van der Waals surface area contributed by atoms with Crippen LogP contribution in [0.5, 0.6) is 0 Å². The van der Waals surface area contributed by atoms with Gasteiger partial charge in [0.2, 0.25) is 0 Å². The standard InChI is InChI=1S/C104H66N16O8/c1-113(2)81-41-17-65(18-42-81)9-33-73-57-89-91(59-75(73)35-11-67-21-45-83(46-22-67)115(5)6)99-106-97(89)105-98-90-58-74(34-10-66-19-43-82(44-20-66)114(3)4)76(36-12-68-23-47-84(48-24-68)116(7)8)60-92(90)100(107-98)109-102-94-62-78(38-14-70-27-51-86(52-28-70)118(123)124)80(40-16-72-31-55-88(56-32-72)120(127)128)64-96(94)104(111-102)112-103-95-63-79(39-15-71-29-53-87(54-30-71)119(125)126)77(61-93(95)101(108-99)110-103)37-13-69-25-49-85(50-26-69)117(121)122/h17-32,41-64H,1-8H3,(H2,105,106,107,108,109,110,111,112). The van der Waals surface area contributed by atoms with Crippen LogP contribution in [0.4, 0.5) is 45.5 Å². The fraction of sp³-hybridized carbons (Fsp3) is 0.0769. The SMILES string of the molecule is CN(C)c1ccc(C#Cc2cc3c(cc2C#Cc2ccc(N(C)C)cc2)-c2nc-3nc3[nH]c(nc4nc(nc5[nH]c(n2)c2cc(C#Cc6ccc([N+](=O)[O-])cc6)c(C#Cc6ccc([N+](=O)[O-])cc6)cc52)-c2cc(C#Cc5ccc([N+](=O)[O-])cc5)c(C#Cc5ccc([N+](=O)[O-])cc5)cc2-4)c2cc(C#Cc4ccc(N(C)C)cc4)c(C#Cc4ccc(N(C)C)cc4)cc32)cc1. The largest absolute Gasteiger partial charge is 0.378 e. The van der Waals surface area contributed by atoms with Gasteiger partial charge in [-0.25, -0.2) is 29.9 Å². The quantitative estimate of drug-likeness (QED) is 0.0811. The van der Waals surface area contributed by atoms with Crippen LogP contribution in [0.2, 0.25) is 0 Å². The zero-order valence-corrected chi connectivity index (χ0v) is 69.6. The molecule has 0 unspecified atom stereocenters. The Hall–Kier alpha value is -18.7. The average molecular weight is 1670 g/mol. The summed E-state index contributed by atoms with van der Waals surface area (Å²) in [5.74, 6) is 54.2. The Morgan fingerprint density at radius 2 is 0.375 bits per heavy atom. The predicted octanol–water partition coefficient (Wildman–Crippen LogP) is 18.0. The molecule has 5 heterocycles. The van der Waals surface area contributed by atoms with Gasteiger partial charge in [-0.3, -0.25) is 40.5 Å². The van der Waals surface area contributed by atoms with Gasteiger partial charge in [-0.1, -0.05) is 94.7 Å². The summed E-state index contributed by atoms with van der Waals surface area (Å²) in [6.07, 6.45) is 0. The van der Waals surface area contributed by atoms with Crippen LogP contribution in [0.25, 0.3) is 89.7 Å². The van der Waals surface area contributed by atoms with Gasteiger partial charge in [0.1, 0.15) is 22.6 Å². The highest BCUT2D eigenvalue weighted by atomic mass is 16.6. The fourth-order valence-electron chi connectivity index (χ4n) is 14.0. The fourth-order valence-corrected chi connectivity index (χ4v) is 14.0. The van der Waals surface area contributed by atoms with Crippen molar-refractivity contribution in [1.29, 1.82) is 0 Å². The summed E-state index contributed by atoms with van der Waals surface area (Å²) < 4.78 is 0. The molecular formula is C104H66N16O8. The predicted molar refractivity (Wildman–Crippen MR) is 499 cm³/mol. The van der Waals surface area contributed by atoms with E-state index in [2.05, 4.69) is 105 Å². The van der Waals surface area contributed by atoms with E-state index in [1.54, 1.807) is 48.5 Å². The molecule has 610 valence electrons. The highest BCUT2D eigenvalue weighted by Gasteiger charge is 2.27. The van der Waals surface area contributed by atoms with Crippen LogP contribution >= 0.6 is 0 Å². The summed E-state index contributed by atoms with van der Waals surface area (Å²) >= 11 is 0. The Morgan fingerprint density at radius 3 is 0.531 bits per heavy atom. The number of nitrogens with one attached hydrogen (secondary N) is 2. The molecule has 0 saturated heterocycles. The third kappa shape index (κ3) is 17.8. The number of aromatic nitrogens is 8. The smallest absolute Gasteiger partial charge is 0.269 e. The van der Waals surface area contributed by atoms with E-state index in [-0.39, 0.29) is 68.6 Å². The first-order valence-electron chi connectivity index (χ1n) is 39.7. The molecule has 15 aromatic rings. The number of hydrogen-bond acceptors (Lipinski definition) is 18. The maximum atomic E-state index is 11.9. The van der Waals surface area contributed by atoms with E-state index in [1.165, 1.54) is 72.8 Å². The van der Waals surface area contributed by atoms with Gasteiger partial charge in [-0.05, 0) is 194 Å². The van der Waals surface area contributed by atoms with Gasteiger partial charge in [0, 0.05) is 260 Å². The number of fused-ring (bicyclic) bond motifs is 20. The Morgan fingerprint density at radius 1 is 0.219 bits per heavy atom. The van der Waals surface area contributed by atoms with E-state index in [0.717, 1.165) is 45.0 Å². The number of benzene rings is 12. The van der Waals surface area contributed by atoms with Crippen LogP contribution in [-0.4, -0.2) is 116 Å². The van der Waals surface area contributed by atoms with Crippen molar-refractivity contribution in [2.24, 2.45) is 0 Å². The Bertz CT molecular complexity index is 7550. The van der Waals surface area contributed by atoms with Gasteiger partial charge >= 0.3 is 0 Å². The number of nitro benzene ring substituents is 4. The van der Waals surface area contributed by atoms with Gasteiger partial charge in [0.25, 0.3) is 22.7 Å². The number of anilines is 4. The monoisotopic (exact) mass is 1670 g/mol. The van der Waals surface area contributed by atoms with Gasteiger partial charge in [-0.2, -0.15) is 0 Å². The summed E-state index contributed by atoms with van der Waals surface area (Å²) in [4.78, 5) is 93.8. The lowest BCUT2D eigenvalue weighted by Crippen LogP contribution is -2.07. The van der Waals surface area contributed by atoms with Gasteiger partial charge < -0.3 is 29.6 Å². The maximum absolute atomic E-state index is 11.9. The molecule has 12 aromatic carbocycles. The Kier molecular flexibility index (Phi) is 22.2.